The number of carboxylic acid groups (broad SMARTS) is 1. The van der Waals surface area contributed by atoms with Crippen molar-refractivity contribution in [1.29, 1.82) is 0 Å². The van der Waals surface area contributed by atoms with Crippen LogP contribution in [0.15, 0.2) is 54.9 Å². The molecule has 0 fully saturated rings. The topological polar surface area (TPSA) is 89.0 Å². The van der Waals surface area contributed by atoms with Gasteiger partial charge in [-0.2, -0.15) is 0 Å². The van der Waals surface area contributed by atoms with Crippen molar-refractivity contribution < 1.29 is 28.6 Å². The van der Waals surface area contributed by atoms with Crippen LogP contribution in [0.1, 0.15) is 16.7 Å². The minimum Gasteiger partial charge on any atom is -0.496 e. The van der Waals surface area contributed by atoms with E-state index in [4.69, 9.17) is 9.47 Å². The molecule has 0 atom stereocenters. The Morgan fingerprint density at radius 3 is 2.73 bits per heavy atom. The van der Waals surface area contributed by atoms with Gasteiger partial charge in [-0.15, -0.1) is 0 Å². The lowest BCUT2D eigenvalue weighted by molar-refractivity contribution is -0.136. The molecule has 2 aromatic carbocycles. The molecule has 1 aromatic heterocycles. The summed E-state index contributed by atoms with van der Waals surface area (Å²) in [5, 5.41) is 9.17. The lowest BCUT2D eigenvalue weighted by Gasteiger charge is -2.31. The second-order valence-electron chi connectivity index (χ2n) is 7.70. The number of rotatable bonds is 7. The quantitative estimate of drug-likeness (QED) is 0.593. The minimum atomic E-state index is -0.947. The SMILES string of the molecule is COc1ccc(CC(=O)O)cc1-c1ccc(F)c2c1CN(C(=O)COc1cccnc1)CC2. The highest BCUT2D eigenvalue weighted by Gasteiger charge is 2.27. The summed E-state index contributed by atoms with van der Waals surface area (Å²) < 4.78 is 25.7. The van der Waals surface area contributed by atoms with Crippen molar-refractivity contribution >= 4 is 11.9 Å². The number of aromatic nitrogens is 1. The van der Waals surface area contributed by atoms with Crippen LogP contribution in [-0.2, 0) is 29.0 Å². The monoisotopic (exact) mass is 450 g/mol. The molecule has 1 aliphatic rings. The zero-order chi connectivity index (χ0) is 23.4. The Morgan fingerprint density at radius 1 is 1.15 bits per heavy atom. The Hall–Kier alpha value is -3.94. The molecule has 8 heteroatoms. The van der Waals surface area contributed by atoms with Crippen molar-refractivity contribution in [2.75, 3.05) is 20.3 Å². The first-order chi connectivity index (χ1) is 16.0. The summed E-state index contributed by atoms with van der Waals surface area (Å²) in [6.45, 7) is 0.436. The number of halogens is 1. The summed E-state index contributed by atoms with van der Waals surface area (Å²) in [4.78, 5) is 29.6. The third-order valence-electron chi connectivity index (χ3n) is 5.61. The average Bonchev–Trinajstić information content (AvgIpc) is 2.83. The maximum absolute atomic E-state index is 14.7. The van der Waals surface area contributed by atoms with Gasteiger partial charge < -0.3 is 19.5 Å². The summed E-state index contributed by atoms with van der Waals surface area (Å²) in [6.07, 6.45) is 3.37. The third kappa shape index (κ3) is 4.95. The molecule has 170 valence electrons. The molecule has 33 heavy (non-hydrogen) atoms. The van der Waals surface area contributed by atoms with Gasteiger partial charge in [0.05, 0.1) is 19.7 Å². The predicted octanol–water partition coefficient (Wildman–Crippen LogP) is 3.49. The lowest BCUT2D eigenvalue weighted by atomic mass is 9.89. The van der Waals surface area contributed by atoms with E-state index in [1.807, 2.05) is 0 Å². The van der Waals surface area contributed by atoms with E-state index in [1.165, 1.54) is 19.4 Å². The fourth-order valence-electron chi connectivity index (χ4n) is 4.02. The zero-order valence-corrected chi connectivity index (χ0v) is 18.1. The van der Waals surface area contributed by atoms with Gasteiger partial charge in [-0.3, -0.25) is 14.6 Å². The molecule has 0 unspecified atom stereocenters. The van der Waals surface area contributed by atoms with E-state index in [9.17, 15) is 19.1 Å². The highest BCUT2D eigenvalue weighted by Crippen LogP contribution is 2.37. The zero-order valence-electron chi connectivity index (χ0n) is 18.1. The van der Waals surface area contributed by atoms with Gasteiger partial charge in [0, 0.05) is 24.8 Å². The molecule has 1 amide bonds. The molecule has 0 saturated carbocycles. The number of fused-ring (bicyclic) bond motifs is 1. The summed E-state index contributed by atoms with van der Waals surface area (Å²) in [6, 6.07) is 11.6. The van der Waals surface area contributed by atoms with Crippen molar-refractivity contribution in [3.63, 3.8) is 0 Å². The third-order valence-corrected chi connectivity index (χ3v) is 5.61. The Bertz CT molecular complexity index is 1180. The van der Waals surface area contributed by atoms with Crippen molar-refractivity contribution in [1.82, 2.24) is 9.88 Å². The van der Waals surface area contributed by atoms with Crippen LogP contribution >= 0.6 is 0 Å². The van der Waals surface area contributed by atoms with Crippen LogP contribution in [-0.4, -0.2) is 47.1 Å². The number of carboxylic acids is 1. The Balaban J connectivity index is 1.64. The average molecular weight is 450 g/mol. The molecule has 0 bridgehead atoms. The minimum absolute atomic E-state index is 0.142. The normalized spacial score (nSPS) is 12.7. The maximum atomic E-state index is 14.7. The largest absolute Gasteiger partial charge is 0.496 e. The first-order valence-corrected chi connectivity index (χ1v) is 10.5. The van der Waals surface area contributed by atoms with Crippen LogP contribution in [0.2, 0.25) is 0 Å². The van der Waals surface area contributed by atoms with Crippen LogP contribution in [0.25, 0.3) is 11.1 Å². The van der Waals surface area contributed by atoms with Gasteiger partial charge in [-0.25, -0.2) is 4.39 Å². The summed E-state index contributed by atoms with van der Waals surface area (Å²) in [5.74, 6) is -0.451. The van der Waals surface area contributed by atoms with E-state index in [0.717, 1.165) is 0 Å². The molecule has 0 saturated heterocycles. The Kier molecular flexibility index (Phi) is 6.53. The van der Waals surface area contributed by atoms with Gasteiger partial charge in [-0.1, -0.05) is 12.1 Å². The van der Waals surface area contributed by atoms with Crippen LogP contribution < -0.4 is 9.47 Å². The first kappa shape index (κ1) is 22.3. The fourth-order valence-corrected chi connectivity index (χ4v) is 4.02. The number of nitrogens with zero attached hydrogens (tertiary/aromatic N) is 2. The molecule has 7 nitrogen and oxygen atoms in total. The van der Waals surface area contributed by atoms with Gasteiger partial charge in [-0.05, 0) is 59.0 Å². The lowest BCUT2D eigenvalue weighted by Crippen LogP contribution is -2.39. The number of amides is 1. The molecule has 4 rings (SSSR count). The first-order valence-electron chi connectivity index (χ1n) is 10.5. The van der Waals surface area contributed by atoms with Gasteiger partial charge in [0.1, 0.15) is 17.3 Å². The number of carbonyl (C=O) groups is 2. The summed E-state index contributed by atoms with van der Waals surface area (Å²) in [7, 11) is 1.53. The second kappa shape index (κ2) is 9.68. The second-order valence-corrected chi connectivity index (χ2v) is 7.70. The van der Waals surface area contributed by atoms with Crippen molar-refractivity contribution in [2.24, 2.45) is 0 Å². The number of methoxy groups -OCH3 is 1. The molecular weight excluding hydrogens is 427 g/mol. The van der Waals surface area contributed by atoms with Gasteiger partial charge in [0.25, 0.3) is 5.91 Å². The number of hydrogen-bond donors (Lipinski definition) is 1. The van der Waals surface area contributed by atoms with Gasteiger partial charge >= 0.3 is 5.97 Å². The fraction of sp³-hybridized carbons (Fsp3) is 0.240. The summed E-state index contributed by atoms with van der Waals surface area (Å²) >= 11 is 0. The van der Waals surface area contributed by atoms with Crippen LogP contribution in [0.5, 0.6) is 11.5 Å². The number of pyridine rings is 1. The molecule has 1 aliphatic heterocycles. The van der Waals surface area contributed by atoms with Gasteiger partial charge in [0.2, 0.25) is 0 Å². The van der Waals surface area contributed by atoms with E-state index in [0.29, 0.717) is 52.3 Å². The molecule has 0 spiro atoms. The van der Waals surface area contributed by atoms with Crippen LogP contribution in [0.3, 0.4) is 0 Å². The molecule has 0 radical (unpaired) electrons. The molecular formula is C25H23FN2O5. The standard InChI is InChI=1S/C25H23FN2O5/c1-32-23-7-4-16(12-25(30)31)11-20(23)18-5-6-22(26)19-8-10-28(14-21(18)19)24(29)15-33-17-3-2-9-27-13-17/h2-7,9,11,13H,8,10,12,14-15H2,1H3,(H,30,31). The Labute approximate surface area is 190 Å². The molecule has 3 aromatic rings. The molecule has 2 heterocycles. The predicted molar refractivity (Wildman–Crippen MR) is 119 cm³/mol. The number of hydrogen-bond acceptors (Lipinski definition) is 5. The van der Waals surface area contributed by atoms with Crippen LogP contribution in [0.4, 0.5) is 4.39 Å². The smallest absolute Gasteiger partial charge is 0.307 e. The van der Waals surface area contributed by atoms with E-state index < -0.39 is 5.97 Å². The molecule has 0 aliphatic carbocycles. The Morgan fingerprint density at radius 2 is 2.00 bits per heavy atom. The van der Waals surface area contributed by atoms with Gasteiger partial charge in [0.15, 0.2) is 6.61 Å². The van der Waals surface area contributed by atoms with E-state index in [2.05, 4.69) is 4.98 Å². The van der Waals surface area contributed by atoms with E-state index in [-0.39, 0.29) is 31.3 Å². The van der Waals surface area contributed by atoms with E-state index in [1.54, 1.807) is 47.5 Å². The summed E-state index contributed by atoms with van der Waals surface area (Å²) in [5.41, 5.74) is 3.21. The van der Waals surface area contributed by atoms with Crippen LogP contribution in [0, 0.1) is 5.82 Å². The van der Waals surface area contributed by atoms with E-state index >= 15 is 0 Å². The number of carbonyl (C=O) groups excluding carboxylic acids is 1. The van der Waals surface area contributed by atoms with Crippen molar-refractivity contribution in [3.8, 4) is 22.6 Å². The van der Waals surface area contributed by atoms with Crippen molar-refractivity contribution in [3.05, 3.63) is 77.4 Å². The maximum Gasteiger partial charge on any atom is 0.307 e. The highest BCUT2D eigenvalue weighted by atomic mass is 19.1. The highest BCUT2D eigenvalue weighted by molar-refractivity contribution is 5.81. The molecule has 1 N–H and O–H groups in total. The number of aliphatic carboxylic acids is 1. The number of ether oxygens (including phenoxy) is 2. The van der Waals surface area contributed by atoms with Crippen molar-refractivity contribution in [2.45, 2.75) is 19.4 Å². The number of benzene rings is 2.